The fourth-order valence-electron chi connectivity index (χ4n) is 5.49. The number of piperazine rings is 1. The van der Waals surface area contributed by atoms with E-state index in [2.05, 4.69) is 24.3 Å². The lowest BCUT2D eigenvalue weighted by atomic mass is 9.87. The Kier molecular flexibility index (Phi) is 4.94. The van der Waals surface area contributed by atoms with Gasteiger partial charge in [0.25, 0.3) is 5.91 Å². The number of benzene rings is 2. The van der Waals surface area contributed by atoms with E-state index >= 15 is 0 Å². The van der Waals surface area contributed by atoms with Crippen molar-refractivity contribution >= 4 is 17.5 Å². The van der Waals surface area contributed by atoms with Gasteiger partial charge in [0.15, 0.2) is 6.04 Å². The fourth-order valence-corrected chi connectivity index (χ4v) is 5.49. The Bertz CT molecular complexity index is 905. The number of imide groups is 1. The van der Waals surface area contributed by atoms with E-state index in [0.29, 0.717) is 18.2 Å². The van der Waals surface area contributed by atoms with Gasteiger partial charge in [-0.3, -0.25) is 9.59 Å². The molecule has 0 bridgehead atoms. The first-order chi connectivity index (χ1) is 14.2. The van der Waals surface area contributed by atoms with E-state index in [1.54, 1.807) is 4.90 Å². The number of fused-ring (bicyclic) bond motifs is 1. The molecular weight excluding hydrogens is 362 g/mol. The molecule has 5 nitrogen and oxygen atoms in total. The number of nitrogens with zero attached hydrogens (tertiary/aromatic N) is 1. The van der Waals surface area contributed by atoms with Gasteiger partial charge in [-0.1, -0.05) is 42.5 Å². The molecule has 3 aliphatic rings. The molecule has 2 heterocycles. The van der Waals surface area contributed by atoms with E-state index < -0.39 is 0 Å². The molecule has 29 heavy (non-hydrogen) atoms. The van der Waals surface area contributed by atoms with Crippen molar-refractivity contribution < 1.29 is 19.4 Å². The van der Waals surface area contributed by atoms with Gasteiger partial charge >= 0.3 is 0 Å². The predicted octanol–water partition coefficient (Wildman–Crippen LogP) is -0.341. The summed E-state index contributed by atoms with van der Waals surface area (Å²) in [5.74, 6) is -0.0800. The standard InChI is InChI=1S/C24H27N3O2/c28-23-17-22(24(29)27(23)20-8-2-1-3-9-20)26-14-12-25(13-15-26)21-11-10-18-6-4-5-7-19(18)16-21/h1-9,21-22H,10-17H2/p+2/t21-,22+/m1/s1. The smallest absolute Gasteiger partial charge is 0.292 e. The molecule has 2 aromatic carbocycles. The summed E-state index contributed by atoms with van der Waals surface area (Å²) in [4.78, 5) is 29.9. The Morgan fingerprint density at radius 2 is 1.41 bits per heavy atom. The Morgan fingerprint density at radius 1 is 0.759 bits per heavy atom. The van der Waals surface area contributed by atoms with Crippen LogP contribution in [0.3, 0.4) is 0 Å². The van der Waals surface area contributed by atoms with Crippen LogP contribution in [0.1, 0.15) is 24.0 Å². The van der Waals surface area contributed by atoms with E-state index in [4.69, 9.17) is 0 Å². The molecule has 2 fully saturated rings. The van der Waals surface area contributed by atoms with E-state index in [1.807, 2.05) is 30.3 Å². The first kappa shape index (κ1) is 18.5. The van der Waals surface area contributed by atoms with Gasteiger partial charge in [-0.15, -0.1) is 0 Å². The number of anilines is 1. The Labute approximate surface area is 171 Å². The molecule has 2 aromatic rings. The van der Waals surface area contributed by atoms with Crippen LogP contribution in [0.2, 0.25) is 0 Å². The summed E-state index contributed by atoms with van der Waals surface area (Å²) in [7, 11) is 0. The molecule has 2 aliphatic heterocycles. The minimum Gasteiger partial charge on any atom is -0.323 e. The zero-order valence-electron chi connectivity index (χ0n) is 16.8. The summed E-state index contributed by atoms with van der Waals surface area (Å²) < 4.78 is 0. The molecule has 0 spiro atoms. The first-order valence-corrected chi connectivity index (χ1v) is 10.9. The van der Waals surface area contributed by atoms with E-state index in [9.17, 15) is 9.59 Å². The van der Waals surface area contributed by atoms with Crippen molar-refractivity contribution in [2.24, 2.45) is 0 Å². The lowest BCUT2D eigenvalue weighted by Gasteiger charge is -2.37. The molecule has 1 aliphatic carbocycles. The fraction of sp³-hybridized carbons (Fsp3) is 0.417. The van der Waals surface area contributed by atoms with Crippen molar-refractivity contribution in [3.8, 4) is 0 Å². The van der Waals surface area contributed by atoms with E-state index in [0.717, 1.165) is 26.2 Å². The third kappa shape index (κ3) is 3.49. The number of nitrogens with one attached hydrogen (secondary N) is 2. The minimum atomic E-state index is -0.212. The highest BCUT2D eigenvalue weighted by atomic mass is 16.2. The van der Waals surface area contributed by atoms with Crippen LogP contribution in [0.5, 0.6) is 0 Å². The van der Waals surface area contributed by atoms with Gasteiger partial charge in [-0.25, -0.2) is 4.90 Å². The van der Waals surface area contributed by atoms with Crippen LogP contribution in [0.25, 0.3) is 0 Å². The van der Waals surface area contributed by atoms with Crippen molar-refractivity contribution in [2.45, 2.75) is 37.8 Å². The van der Waals surface area contributed by atoms with Crippen molar-refractivity contribution in [3.05, 3.63) is 65.7 Å². The zero-order valence-corrected chi connectivity index (χ0v) is 16.8. The SMILES string of the molecule is O=C1C[C@H]([NH+]2CC[NH+]([C@@H]3CCc4ccccc4C3)CC2)C(=O)N1c1ccccc1. The van der Waals surface area contributed by atoms with Crippen molar-refractivity contribution in [1.29, 1.82) is 0 Å². The third-order valence-electron chi connectivity index (χ3n) is 7.11. The van der Waals surface area contributed by atoms with Gasteiger partial charge < -0.3 is 9.80 Å². The first-order valence-electron chi connectivity index (χ1n) is 10.9. The highest BCUT2D eigenvalue weighted by Gasteiger charge is 2.47. The number of quaternary nitrogens is 2. The molecule has 2 N–H and O–H groups in total. The van der Waals surface area contributed by atoms with Gasteiger partial charge in [-0.2, -0.15) is 0 Å². The van der Waals surface area contributed by atoms with E-state index in [1.165, 1.54) is 40.2 Å². The monoisotopic (exact) mass is 391 g/mol. The number of rotatable bonds is 3. The van der Waals surface area contributed by atoms with Gasteiger partial charge in [0.05, 0.1) is 18.2 Å². The molecule has 5 heteroatoms. The number of aryl methyl sites for hydroxylation is 1. The molecule has 5 rings (SSSR count). The van der Waals surface area contributed by atoms with Crippen molar-refractivity contribution in [1.82, 2.24) is 0 Å². The van der Waals surface area contributed by atoms with Crippen LogP contribution in [0, 0.1) is 0 Å². The van der Waals surface area contributed by atoms with Crippen molar-refractivity contribution in [2.75, 3.05) is 31.1 Å². The topological polar surface area (TPSA) is 46.3 Å². The lowest BCUT2D eigenvalue weighted by molar-refractivity contribution is -1.03. The third-order valence-corrected chi connectivity index (χ3v) is 7.11. The number of carbonyl (C=O) groups excluding carboxylic acids is 2. The second kappa shape index (κ2) is 7.73. The number of hydrogen-bond acceptors (Lipinski definition) is 2. The quantitative estimate of drug-likeness (QED) is 0.704. The number of carbonyl (C=O) groups is 2. The summed E-state index contributed by atoms with van der Waals surface area (Å²) in [5, 5.41) is 0. The minimum absolute atomic E-state index is 0.0220. The van der Waals surface area contributed by atoms with Crippen molar-refractivity contribution in [3.63, 3.8) is 0 Å². The maximum absolute atomic E-state index is 13.0. The Balaban J connectivity index is 1.21. The summed E-state index contributed by atoms with van der Waals surface area (Å²) >= 11 is 0. The van der Waals surface area contributed by atoms with Gasteiger partial charge in [-0.05, 0) is 29.7 Å². The molecule has 0 saturated carbocycles. The summed E-state index contributed by atoms with van der Waals surface area (Å²) in [5.41, 5.74) is 3.74. The maximum atomic E-state index is 13.0. The van der Waals surface area contributed by atoms with Gasteiger partial charge in [0, 0.05) is 12.8 Å². The number of hydrogen-bond donors (Lipinski definition) is 2. The summed E-state index contributed by atoms with van der Waals surface area (Å²) in [6, 6.07) is 18.7. The summed E-state index contributed by atoms with van der Waals surface area (Å²) in [6.07, 6.45) is 3.95. The molecule has 0 aromatic heterocycles. The predicted molar refractivity (Wildman–Crippen MR) is 111 cm³/mol. The normalized spacial score (nSPS) is 29.7. The summed E-state index contributed by atoms with van der Waals surface area (Å²) in [6.45, 7) is 4.12. The molecule has 2 atom stereocenters. The van der Waals surface area contributed by atoms with Crippen LogP contribution < -0.4 is 14.7 Å². The highest BCUT2D eigenvalue weighted by Crippen LogP contribution is 2.22. The Hall–Kier alpha value is -2.50. The molecule has 0 unspecified atom stereocenters. The molecule has 2 saturated heterocycles. The second-order valence-corrected chi connectivity index (χ2v) is 8.68. The van der Waals surface area contributed by atoms with Crippen LogP contribution in [-0.4, -0.2) is 50.1 Å². The Morgan fingerprint density at radius 3 is 2.17 bits per heavy atom. The highest BCUT2D eigenvalue weighted by molar-refractivity contribution is 6.21. The van der Waals surface area contributed by atoms with Crippen LogP contribution in [-0.2, 0) is 22.4 Å². The van der Waals surface area contributed by atoms with Crippen LogP contribution in [0.15, 0.2) is 54.6 Å². The number of para-hydroxylation sites is 1. The van der Waals surface area contributed by atoms with E-state index in [-0.39, 0.29) is 17.9 Å². The second-order valence-electron chi connectivity index (χ2n) is 8.68. The number of amides is 2. The average molecular weight is 392 g/mol. The van der Waals surface area contributed by atoms with Crippen LogP contribution >= 0.6 is 0 Å². The molecule has 2 amide bonds. The lowest BCUT2D eigenvalue weighted by Crippen LogP contribution is -3.31. The molecular formula is C24H29N3O2+2. The largest absolute Gasteiger partial charge is 0.323 e. The van der Waals surface area contributed by atoms with Crippen LogP contribution in [0.4, 0.5) is 5.69 Å². The van der Waals surface area contributed by atoms with Gasteiger partial charge in [0.2, 0.25) is 5.91 Å². The van der Waals surface area contributed by atoms with Gasteiger partial charge in [0.1, 0.15) is 26.2 Å². The molecule has 0 radical (unpaired) electrons. The maximum Gasteiger partial charge on any atom is 0.292 e. The zero-order chi connectivity index (χ0) is 19.8. The average Bonchev–Trinajstić information content (AvgIpc) is 3.08. The molecule has 150 valence electrons.